The second-order valence-electron chi connectivity index (χ2n) is 9.18. The number of nitrogens with one attached hydrogen (secondary N) is 2. The lowest BCUT2D eigenvalue weighted by atomic mass is 10.0. The summed E-state index contributed by atoms with van der Waals surface area (Å²) in [6.07, 6.45) is 0.0861. The number of nitriles is 1. The molecule has 12 heteroatoms. The largest absolute Gasteiger partial charge is 0.444 e. The molecule has 0 bridgehead atoms. The van der Waals surface area contributed by atoms with E-state index >= 15 is 0 Å². The Kier molecular flexibility index (Phi) is 7.23. The van der Waals surface area contributed by atoms with Crippen molar-refractivity contribution in [2.45, 2.75) is 56.5 Å². The molecule has 0 saturated carbocycles. The number of rotatable bonds is 5. The molecule has 3 heterocycles. The fourth-order valence-corrected chi connectivity index (χ4v) is 5.74. The normalized spacial score (nSPS) is 14.0. The van der Waals surface area contributed by atoms with Crippen molar-refractivity contribution in [1.29, 1.82) is 5.26 Å². The lowest BCUT2D eigenvalue weighted by Gasteiger charge is -2.29. The Labute approximate surface area is 215 Å². The number of carbonyl (C=O) groups is 2. The molecule has 3 aromatic rings. The van der Waals surface area contributed by atoms with E-state index in [2.05, 4.69) is 16.7 Å². The number of benzene rings is 1. The third-order valence-electron chi connectivity index (χ3n) is 5.34. The van der Waals surface area contributed by atoms with E-state index in [-0.39, 0.29) is 10.9 Å². The first-order valence-corrected chi connectivity index (χ1v) is 13.0. The maximum absolute atomic E-state index is 13.0. The number of aromatic nitrogens is 2. The zero-order valence-corrected chi connectivity index (χ0v) is 21.9. The number of para-hydroxylation sites is 1. The van der Waals surface area contributed by atoms with Crippen LogP contribution in [0.15, 0.2) is 44.7 Å². The van der Waals surface area contributed by atoms with E-state index in [1.807, 2.05) is 39.0 Å². The van der Waals surface area contributed by atoms with Crippen LogP contribution in [-0.4, -0.2) is 39.6 Å². The van der Waals surface area contributed by atoms with Crippen LogP contribution in [0.1, 0.15) is 43.7 Å². The third kappa shape index (κ3) is 5.47. The molecule has 1 atom stereocenters. The highest BCUT2D eigenvalue weighted by Crippen LogP contribution is 2.37. The molecule has 188 valence electrons. The number of nitrogens with zero attached hydrogens (tertiary/aromatic N) is 3. The van der Waals surface area contributed by atoms with E-state index in [1.54, 1.807) is 24.0 Å². The minimum absolute atomic E-state index is 0.225. The van der Waals surface area contributed by atoms with Gasteiger partial charge in [-0.1, -0.05) is 18.2 Å². The quantitative estimate of drug-likeness (QED) is 0.382. The predicted octanol–water partition coefficient (Wildman–Crippen LogP) is 3.59. The SMILES string of the molecule is CC(Sc1c(=O)o[nH][n+]1-c1ccccc1)C(=O)Nc1sc2c(c1C#N)CCN(C(=O)OC(C)(C)C)C2. The van der Waals surface area contributed by atoms with Gasteiger partial charge in [0.25, 0.3) is 0 Å². The number of amides is 2. The van der Waals surface area contributed by atoms with Gasteiger partial charge in [0.05, 0.1) is 17.4 Å². The molecule has 36 heavy (non-hydrogen) atoms. The van der Waals surface area contributed by atoms with Crippen molar-refractivity contribution in [2.75, 3.05) is 11.9 Å². The average Bonchev–Trinajstić information content (AvgIpc) is 3.37. The van der Waals surface area contributed by atoms with Crippen LogP contribution in [0.4, 0.5) is 9.80 Å². The van der Waals surface area contributed by atoms with E-state index in [4.69, 9.17) is 9.26 Å². The Balaban J connectivity index is 1.49. The Morgan fingerprint density at radius 2 is 2.06 bits per heavy atom. The van der Waals surface area contributed by atoms with Gasteiger partial charge in [-0.3, -0.25) is 9.32 Å². The monoisotopic (exact) mass is 528 g/mol. The molecule has 0 spiro atoms. The Bertz CT molecular complexity index is 1380. The minimum Gasteiger partial charge on any atom is -0.444 e. The number of thioether (sulfide) groups is 1. The van der Waals surface area contributed by atoms with Gasteiger partial charge in [0, 0.05) is 23.6 Å². The molecule has 0 radical (unpaired) electrons. The number of thiophene rings is 1. The van der Waals surface area contributed by atoms with E-state index in [1.165, 1.54) is 16.0 Å². The average molecular weight is 529 g/mol. The number of H-pyrrole nitrogens is 1. The highest BCUT2D eigenvalue weighted by atomic mass is 32.2. The second-order valence-corrected chi connectivity index (χ2v) is 11.6. The fraction of sp³-hybridized carbons (Fsp3) is 0.375. The van der Waals surface area contributed by atoms with Gasteiger partial charge in [-0.2, -0.15) is 5.26 Å². The minimum atomic E-state index is -0.664. The fourth-order valence-electron chi connectivity index (χ4n) is 3.64. The summed E-state index contributed by atoms with van der Waals surface area (Å²) in [5.74, 6) is -0.362. The molecule has 10 nitrogen and oxygen atoms in total. The highest BCUT2D eigenvalue weighted by Gasteiger charge is 2.32. The van der Waals surface area contributed by atoms with Gasteiger partial charge >= 0.3 is 16.7 Å². The molecule has 1 aliphatic rings. The van der Waals surface area contributed by atoms with Crippen LogP contribution in [0, 0.1) is 11.3 Å². The summed E-state index contributed by atoms with van der Waals surface area (Å²) < 4.78 is 11.9. The zero-order chi connectivity index (χ0) is 26.0. The molecule has 4 rings (SSSR count). The molecule has 1 aliphatic heterocycles. The van der Waals surface area contributed by atoms with Crippen LogP contribution in [0.3, 0.4) is 0 Å². The second kappa shape index (κ2) is 10.2. The first kappa shape index (κ1) is 25.5. The van der Waals surface area contributed by atoms with Crippen LogP contribution in [-0.2, 0) is 22.5 Å². The van der Waals surface area contributed by atoms with E-state index in [0.717, 1.165) is 22.2 Å². The molecule has 2 aromatic heterocycles. The molecule has 2 N–H and O–H groups in total. The number of hydrogen-bond acceptors (Lipinski definition) is 8. The van der Waals surface area contributed by atoms with Gasteiger partial charge in [-0.05, 0) is 61.4 Å². The van der Waals surface area contributed by atoms with Crippen molar-refractivity contribution < 1.29 is 23.5 Å². The van der Waals surface area contributed by atoms with Crippen LogP contribution in [0.25, 0.3) is 5.69 Å². The summed E-state index contributed by atoms with van der Waals surface area (Å²) in [5.41, 5.74) is 0.740. The topological polar surface area (TPSA) is 132 Å². The lowest BCUT2D eigenvalue weighted by Crippen LogP contribution is -2.39. The van der Waals surface area contributed by atoms with Crippen molar-refractivity contribution in [3.8, 4) is 11.8 Å². The smallest absolute Gasteiger partial charge is 0.442 e. The summed E-state index contributed by atoms with van der Waals surface area (Å²) in [6.45, 7) is 7.84. The zero-order valence-electron chi connectivity index (χ0n) is 20.3. The molecule has 0 saturated heterocycles. The van der Waals surface area contributed by atoms with Crippen LogP contribution in [0.5, 0.6) is 0 Å². The van der Waals surface area contributed by atoms with Crippen molar-refractivity contribution in [2.24, 2.45) is 0 Å². The van der Waals surface area contributed by atoms with Crippen molar-refractivity contribution in [3.63, 3.8) is 0 Å². The van der Waals surface area contributed by atoms with Gasteiger partial charge in [0.1, 0.15) is 16.7 Å². The molecule has 1 aromatic carbocycles. The summed E-state index contributed by atoms with van der Waals surface area (Å²) >= 11 is 2.33. The number of aromatic amines is 1. The summed E-state index contributed by atoms with van der Waals surface area (Å²) in [4.78, 5) is 40.3. The molecular formula is C24H26N5O5S2+. The summed E-state index contributed by atoms with van der Waals surface area (Å²) in [5, 5.41) is 15.2. The Hall–Kier alpha value is -3.56. The number of fused-ring (bicyclic) bond motifs is 1. The van der Waals surface area contributed by atoms with Gasteiger partial charge in [-0.25, -0.2) is 9.59 Å². The maximum Gasteiger partial charge on any atom is 0.442 e. The standard InChI is InChI=1S/C24H25N5O5S2/c1-14(35-21-22(31)34-27-29(21)15-8-6-5-7-9-15)19(30)26-20-17(12-25)16-10-11-28(13-18(16)36-20)23(32)33-24(2,3)4/h5-9,14H,10-11,13H2,1-4H3,(H-,26,27,30,31)/p+1. The number of hydrogen-bond donors (Lipinski definition) is 2. The van der Waals surface area contributed by atoms with Gasteiger partial charge in [0.15, 0.2) is 0 Å². The lowest BCUT2D eigenvalue weighted by molar-refractivity contribution is -0.704. The molecular weight excluding hydrogens is 502 g/mol. The van der Waals surface area contributed by atoms with Gasteiger partial charge in [-0.15, -0.1) is 11.3 Å². The highest BCUT2D eigenvalue weighted by molar-refractivity contribution is 8.00. The van der Waals surface area contributed by atoms with E-state index in [9.17, 15) is 19.6 Å². The van der Waals surface area contributed by atoms with Crippen molar-refractivity contribution in [3.05, 3.63) is 56.8 Å². The van der Waals surface area contributed by atoms with E-state index < -0.39 is 22.6 Å². The molecule has 0 fully saturated rings. The molecule has 0 aliphatic carbocycles. The van der Waals surface area contributed by atoms with Crippen molar-refractivity contribution in [1.82, 2.24) is 10.2 Å². The summed E-state index contributed by atoms with van der Waals surface area (Å²) in [6, 6.07) is 11.3. The molecule has 1 unspecified atom stereocenters. The van der Waals surface area contributed by atoms with E-state index in [0.29, 0.717) is 35.8 Å². The molecule has 2 amide bonds. The maximum atomic E-state index is 13.0. The van der Waals surface area contributed by atoms with Crippen LogP contribution in [0.2, 0.25) is 0 Å². The number of carbonyl (C=O) groups excluding carboxylic acids is 2. The number of anilines is 1. The van der Waals surface area contributed by atoms with Crippen molar-refractivity contribution >= 4 is 40.1 Å². The van der Waals surface area contributed by atoms with Gasteiger partial charge < -0.3 is 15.0 Å². The number of ether oxygens (including phenoxy) is 1. The van der Waals surface area contributed by atoms with Crippen LogP contribution < -0.4 is 15.6 Å². The Morgan fingerprint density at radius 1 is 1.33 bits per heavy atom. The predicted molar refractivity (Wildman–Crippen MR) is 134 cm³/mol. The third-order valence-corrected chi connectivity index (χ3v) is 7.61. The van der Waals surface area contributed by atoms with Gasteiger partial charge in [0.2, 0.25) is 11.6 Å². The first-order chi connectivity index (χ1) is 17.1. The Morgan fingerprint density at radius 3 is 2.72 bits per heavy atom. The van der Waals surface area contributed by atoms with Crippen LogP contribution >= 0.6 is 23.1 Å². The first-order valence-electron chi connectivity index (χ1n) is 11.3. The summed E-state index contributed by atoms with van der Waals surface area (Å²) in [7, 11) is 0.